The normalized spacial score (nSPS) is 21.6. The number of fused-ring (bicyclic) bond motifs is 1. The highest BCUT2D eigenvalue weighted by Crippen LogP contribution is 2.44. The summed E-state index contributed by atoms with van der Waals surface area (Å²) in [5.41, 5.74) is 5.28. The number of carbonyl (C=O) groups excluding carboxylic acids is 1. The molecular weight excluding hydrogens is 448 g/mol. The zero-order valence-electron chi connectivity index (χ0n) is 17.1. The molecule has 1 saturated carbocycles. The van der Waals surface area contributed by atoms with E-state index in [0.717, 1.165) is 35.0 Å². The summed E-state index contributed by atoms with van der Waals surface area (Å²) in [6, 6.07) is 28.1. The van der Waals surface area contributed by atoms with Crippen LogP contribution in [0.2, 0.25) is 0 Å². The first-order chi connectivity index (χ1) is 15.2. The molecule has 4 heteroatoms. The Labute approximate surface area is 191 Å². The Morgan fingerprint density at radius 3 is 2.32 bits per heavy atom. The largest absolute Gasteiger partial charge is 0.274 e. The van der Waals surface area contributed by atoms with Crippen molar-refractivity contribution in [2.45, 2.75) is 25.3 Å². The Bertz CT molecular complexity index is 1140. The number of halogens is 1. The third kappa shape index (κ3) is 4.00. The minimum absolute atomic E-state index is 0.0534. The quantitative estimate of drug-likeness (QED) is 0.410. The molecule has 1 aliphatic carbocycles. The van der Waals surface area contributed by atoms with Crippen molar-refractivity contribution in [2.24, 2.45) is 11.0 Å². The van der Waals surface area contributed by atoms with Gasteiger partial charge in [-0.2, -0.15) is 5.10 Å². The van der Waals surface area contributed by atoms with E-state index in [1.807, 2.05) is 48.5 Å². The fourth-order valence-electron chi connectivity index (χ4n) is 4.63. The van der Waals surface area contributed by atoms with Crippen molar-refractivity contribution in [3.8, 4) is 0 Å². The average Bonchev–Trinajstić information content (AvgIpc) is 3.21. The second-order valence-electron chi connectivity index (χ2n) is 8.08. The molecule has 0 saturated heterocycles. The van der Waals surface area contributed by atoms with Crippen LogP contribution in [0.25, 0.3) is 6.08 Å². The summed E-state index contributed by atoms with van der Waals surface area (Å²) in [6.45, 7) is 0. The summed E-state index contributed by atoms with van der Waals surface area (Å²) < 4.78 is 0.957. The van der Waals surface area contributed by atoms with E-state index in [9.17, 15) is 4.79 Å². The fourth-order valence-corrected chi connectivity index (χ4v) is 4.89. The molecule has 1 fully saturated rings. The highest BCUT2D eigenvalue weighted by molar-refractivity contribution is 9.10. The Hall–Kier alpha value is -2.98. The second-order valence-corrected chi connectivity index (χ2v) is 8.99. The molecule has 1 heterocycles. The summed E-state index contributed by atoms with van der Waals surface area (Å²) in [5, 5.41) is 6.69. The van der Waals surface area contributed by atoms with Gasteiger partial charge in [-0.05, 0) is 66.3 Å². The lowest BCUT2D eigenvalue weighted by atomic mass is 9.77. The standard InChI is InChI=1S/C27H23BrN2O/c28-23-16-14-21(15-17-23)27(31)30-26(20-10-5-2-6-11-20)24-13-7-12-22(25(24)29-30)18-19-8-3-1-4-9-19/h1-6,8-11,14-18,24,26H,7,12-13H2/b22-18+/t24-,26+/m1/s1. The fraction of sp³-hybridized carbons (Fsp3) is 0.185. The maximum Gasteiger partial charge on any atom is 0.274 e. The van der Waals surface area contributed by atoms with Gasteiger partial charge in [0.1, 0.15) is 0 Å². The number of hydrogen-bond acceptors (Lipinski definition) is 2. The van der Waals surface area contributed by atoms with E-state index < -0.39 is 0 Å². The van der Waals surface area contributed by atoms with E-state index in [0.29, 0.717) is 5.56 Å². The lowest BCUT2D eigenvalue weighted by Gasteiger charge is -2.29. The van der Waals surface area contributed by atoms with Gasteiger partial charge in [0, 0.05) is 16.0 Å². The van der Waals surface area contributed by atoms with Gasteiger partial charge in [-0.25, -0.2) is 5.01 Å². The van der Waals surface area contributed by atoms with Gasteiger partial charge in [0.15, 0.2) is 0 Å². The summed E-state index contributed by atoms with van der Waals surface area (Å²) >= 11 is 3.46. The van der Waals surface area contributed by atoms with Gasteiger partial charge < -0.3 is 0 Å². The molecule has 3 aromatic carbocycles. The molecule has 0 aromatic heterocycles. The van der Waals surface area contributed by atoms with Crippen molar-refractivity contribution < 1.29 is 4.79 Å². The van der Waals surface area contributed by atoms with Gasteiger partial charge in [0.05, 0.1) is 11.8 Å². The van der Waals surface area contributed by atoms with Gasteiger partial charge >= 0.3 is 0 Å². The molecule has 5 rings (SSSR count). The number of nitrogens with zero attached hydrogens (tertiary/aromatic N) is 2. The van der Waals surface area contributed by atoms with Crippen LogP contribution in [0.3, 0.4) is 0 Å². The van der Waals surface area contributed by atoms with Crippen LogP contribution in [0.4, 0.5) is 0 Å². The predicted octanol–water partition coefficient (Wildman–Crippen LogP) is 6.89. The maximum atomic E-state index is 13.5. The first kappa shape index (κ1) is 20.0. The Morgan fingerprint density at radius 2 is 1.61 bits per heavy atom. The van der Waals surface area contributed by atoms with Crippen LogP contribution in [0.1, 0.15) is 46.8 Å². The van der Waals surface area contributed by atoms with E-state index in [4.69, 9.17) is 5.10 Å². The average molecular weight is 471 g/mol. The van der Waals surface area contributed by atoms with Crippen molar-refractivity contribution in [3.63, 3.8) is 0 Å². The van der Waals surface area contributed by atoms with Crippen LogP contribution in [-0.2, 0) is 0 Å². The van der Waals surface area contributed by atoms with Gasteiger partial charge in [0.2, 0.25) is 0 Å². The van der Waals surface area contributed by atoms with Crippen molar-refractivity contribution in [3.05, 3.63) is 112 Å². The lowest BCUT2D eigenvalue weighted by molar-refractivity contribution is 0.0681. The number of benzene rings is 3. The topological polar surface area (TPSA) is 32.7 Å². The van der Waals surface area contributed by atoms with Crippen LogP contribution in [-0.4, -0.2) is 16.6 Å². The predicted molar refractivity (Wildman–Crippen MR) is 129 cm³/mol. The van der Waals surface area contributed by atoms with E-state index in [1.165, 1.54) is 11.1 Å². The highest BCUT2D eigenvalue weighted by Gasteiger charge is 2.43. The van der Waals surface area contributed by atoms with Crippen LogP contribution >= 0.6 is 15.9 Å². The van der Waals surface area contributed by atoms with Gasteiger partial charge in [-0.3, -0.25) is 4.79 Å². The van der Waals surface area contributed by atoms with Crippen LogP contribution in [0.15, 0.2) is 100 Å². The number of amides is 1. The zero-order chi connectivity index (χ0) is 21.2. The molecule has 0 unspecified atom stereocenters. The third-order valence-electron chi connectivity index (χ3n) is 6.08. The molecule has 31 heavy (non-hydrogen) atoms. The van der Waals surface area contributed by atoms with Crippen molar-refractivity contribution in [1.29, 1.82) is 0 Å². The van der Waals surface area contributed by atoms with Crippen LogP contribution in [0.5, 0.6) is 0 Å². The second kappa shape index (κ2) is 8.64. The molecule has 2 atom stereocenters. The molecule has 0 spiro atoms. The van der Waals surface area contributed by atoms with Crippen molar-refractivity contribution in [1.82, 2.24) is 5.01 Å². The monoisotopic (exact) mass is 470 g/mol. The molecule has 1 aliphatic heterocycles. The Morgan fingerprint density at radius 1 is 0.935 bits per heavy atom. The maximum absolute atomic E-state index is 13.5. The first-order valence-corrected chi connectivity index (χ1v) is 11.5. The third-order valence-corrected chi connectivity index (χ3v) is 6.61. The molecule has 154 valence electrons. The molecular formula is C27H23BrN2O. The lowest BCUT2D eigenvalue weighted by Crippen LogP contribution is -2.31. The minimum Gasteiger partial charge on any atom is -0.267 e. The van der Waals surface area contributed by atoms with Gasteiger partial charge in [0.25, 0.3) is 5.91 Å². The van der Waals surface area contributed by atoms with Gasteiger partial charge in [-0.1, -0.05) is 76.6 Å². The number of allylic oxidation sites excluding steroid dienone is 1. The number of rotatable bonds is 3. The van der Waals surface area contributed by atoms with Crippen LogP contribution < -0.4 is 0 Å². The molecule has 3 aromatic rings. The number of hydrazone groups is 1. The summed E-state index contributed by atoms with van der Waals surface area (Å²) in [7, 11) is 0. The van der Waals surface area contributed by atoms with Gasteiger partial charge in [-0.15, -0.1) is 0 Å². The van der Waals surface area contributed by atoms with Crippen molar-refractivity contribution >= 4 is 33.6 Å². The first-order valence-electron chi connectivity index (χ1n) is 10.7. The molecule has 0 bridgehead atoms. The van der Waals surface area contributed by atoms with E-state index in [2.05, 4.69) is 58.4 Å². The Kier molecular flexibility index (Phi) is 5.56. The molecule has 0 radical (unpaired) electrons. The molecule has 1 amide bonds. The summed E-state index contributed by atoms with van der Waals surface area (Å²) in [5.74, 6) is 0.160. The SMILES string of the molecule is O=C(c1ccc(Br)cc1)N1N=C2/C(=C/c3ccccc3)CCC[C@H]2[C@@H]1c1ccccc1. The van der Waals surface area contributed by atoms with Crippen molar-refractivity contribution in [2.75, 3.05) is 0 Å². The van der Waals surface area contributed by atoms with E-state index in [-0.39, 0.29) is 17.9 Å². The number of hydrogen-bond donors (Lipinski definition) is 0. The molecule has 0 N–H and O–H groups in total. The minimum atomic E-state index is -0.0770. The zero-order valence-corrected chi connectivity index (χ0v) is 18.7. The van der Waals surface area contributed by atoms with Crippen LogP contribution in [0, 0.1) is 5.92 Å². The summed E-state index contributed by atoms with van der Waals surface area (Å²) in [6.07, 6.45) is 5.37. The van der Waals surface area contributed by atoms with E-state index in [1.54, 1.807) is 5.01 Å². The Balaban J connectivity index is 1.57. The molecule has 2 aliphatic rings. The van der Waals surface area contributed by atoms with E-state index >= 15 is 0 Å². The summed E-state index contributed by atoms with van der Waals surface area (Å²) in [4.78, 5) is 13.5. The highest BCUT2D eigenvalue weighted by atomic mass is 79.9. The smallest absolute Gasteiger partial charge is 0.267 e. The number of carbonyl (C=O) groups is 1. The molecule has 3 nitrogen and oxygen atoms in total.